The van der Waals surface area contributed by atoms with Crippen LogP contribution in [0.25, 0.3) is 0 Å². The number of carbonyl (C=O) groups excluding carboxylic acids is 1. The zero-order valence-corrected chi connectivity index (χ0v) is 16.1. The van der Waals surface area contributed by atoms with Crippen molar-refractivity contribution in [1.29, 1.82) is 0 Å². The lowest BCUT2D eigenvalue weighted by Crippen LogP contribution is -2.25. The number of halogens is 2. The van der Waals surface area contributed by atoms with Crippen molar-refractivity contribution in [3.8, 4) is 0 Å². The van der Waals surface area contributed by atoms with Crippen LogP contribution in [-0.2, 0) is 10.0 Å². The van der Waals surface area contributed by atoms with Gasteiger partial charge in [-0.05, 0) is 18.9 Å². The molecule has 1 aromatic carbocycles. The molecule has 2 N–H and O–H groups in total. The molecule has 27 heavy (non-hydrogen) atoms. The van der Waals surface area contributed by atoms with E-state index in [0.29, 0.717) is 18.1 Å². The highest BCUT2D eigenvalue weighted by molar-refractivity contribution is 7.89. The van der Waals surface area contributed by atoms with E-state index in [2.05, 4.69) is 20.2 Å². The molecule has 2 aromatic rings. The lowest BCUT2D eigenvalue weighted by molar-refractivity contribution is 0.102. The average molecular weight is 416 g/mol. The Bertz CT molecular complexity index is 957. The summed E-state index contributed by atoms with van der Waals surface area (Å²) in [5.41, 5.74) is -0.592. The van der Waals surface area contributed by atoms with Crippen LogP contribution in [0, 0.1) is 11.6 Å². The van der Waals surface area contributed by atoms with Crippen molar-refractivity contribution in [3.63, 3.8) is 0 Å². The predicted molar refractivity (Wildman–Crippen MR) is 96.3 cm³/mol. The van der Waals surface area contributed by atoms with Crippen molar-refractivity contribution in [2.45, 2.75) is 43.4 Å². The van der Waals surface area contributed by atoms with Crippen LogP contribution in [0.4, 0.5) is 13.9 Å². The van der Waals surface area contributed by atoms with Gasteiger partial charge in [0, 0.05) is 18.5 Å². The van der Waals surface area contributed by atoms with E-state index in [1.165, 1.54) is 18.3 Å². The first kappa shape index (κ1) is 19.8. The minimum Gasteiger partial charge on any atom is -0.296 e. The molecule has 146 valence electrons. The molecule has 11 heteroatoms. The third kappa shape index (κ3) is 4.30. The van der Waals surface area contributed by atoms with E-state index in [0.717, 1.165) is 30.7 Å². The van der Waals surface area contributed by atoms with Crippen molar-refractivity contribution < 1.29 is 22.0 Å². The maximum atomic E-state index is 14.1. The monoisotopic (exact) mass is 416 g/mol. The third-order valence-corrected chi connectivity index (χ3v) is 6.82. The van der Waals surface area contributed by atoms with Gasteiger partial charge >= 0.3 is 0 Å². The van der Waals surface area contributed by atoms with Crippen LogP contribution in [0.3, 0.4) is 0 Å². The Morgan fingerprint density at radius 3 is 2.59 bits per heavy atom. The Kier molecular flexibility index (Phi) is 5.82. The topological polar surface area (TPSA) is 101 Å². The molecule has 0 saturated heterocycles. The fourth-order valence-electron chi connectivity index (χ4n) is 2.96. The summed E-state index contributed by atoms with van der Waals surface area (Å²) in [5.74, 6) is -3.05. The van der Waals surface area contributed by atoms with Crippen LogP contribution >= 0.6 is 11.3 Å². The van der Waals surface area contributed by atoms with E-state index in [-0.39, 0.29) is 11.7 Å². The Hall–Kier alpha value is -1.98. The van der Waals surface area contributed by atoms with E-state index >= 15 is 0 Å². The molecular formula is C16H18F2N4O3S2. The summed E-state index contributed by atoms with van der Waals surface area (Å²) in [4.78, 5) is 11.6. The van der Waals surface area contributed by atoms with Gasteiger partial charge in [-0.1, -0.05) is 31.1 Å². The number of sulfonamides is 1. The number of amides is 1. The third-order valence-electron chi connectivity index (χ3n) is 4.26. The zero-order chi connectivity index (χ0) is 19.6. The second kappa shape index (κ2) is 7.95. The number of anilines is 1. The smallest absolute Gasteiger partial charge is 0.260 e. The molecular weight excluding hydrogens is 398 g/mol. The molecule has 1 aliphatic carbocycles. The molecule has 7 nitrogen and oxygen atoms in total. The number of hydrogen-bond acceptors (Lipinski definition) is 6. The largest absolute Gasteiger partial charge is 0.296 e. The van der Waals surface area contributed by atoms with Gasteiger partial charge in [-0.3, -0.25) is 10.1 Å². The SMILES string of the molecule is CCNS(=O)(=O)c1cc(C(=O)Nc2nnc(C3CCCC3)s2)c(F)cc1F. The number of benzene rings is 1. The predicted octanol–water partition coefficient (Wildman–Crippen LogP) is 3.02. The van der Waals surface area contributed by atoms with Crippen LogP contribution in [0.1, 0.15) is 53.9 Å². The summed E-state index contributed by atoms with van der Waals surface area (Å²) in [6.07, 6.45) is 4.27. The maximum Gasteiger partial charge on any atom is 0.260 e. The number of hydrogen-bond donors (Lipinski definition) is 2. The highest BCUT2D eigenvalue weighted by Gasteiger charge is 2.25. The molecule has 3 rings (SSSR count). The molecule has 1 saturated carbocycles. The first-order valence-corrected chi connectivity index (χ1v) is 10.7. The van der Waals surface area contributed by atoms with E-state index in [4.69, 9.17) is 0 Å². The Morgan fingerprint density at radius 1 is 1.22 bits per heavy atom. The number of aromatic nitrogens is 2. The van der Waals surface area contributed by atoms with Gasteiger partial charge in [0.25, 0.3) is 5.91 Å². The molecule has 0 atom stereocenters. The number of nitrogens with one attached hydrogen (secondary N) is 2. The van der Waals surface area contributed by atoms with E-state index in [1.54, 1.807) is 0 Å². The molecule has 1 heterocycles. The molecule has 0 radical (unpaired) electrons. The van der Waals surface area contributed by atoms with Crippen LogP contribution in [0.2, 0.25) is 0 Å². The fourth-order valence-corrected chi connectivity index (χ4v) is 5.00. The molecule has 1 aromatic heterocycles. The minimum absolute atomic E-state index is 0.0232. The van der Waals surface area contributed by atoms with Gasteiger partial charge in [0.05, 0.1) is 5.56 Å². The lowest BCUT2D eigenvalue weighted by atomic mass is 10.1. The number of nitrogens with zero attached hydrogens (tertiary/aromatic N) is 2. The fraction of sp³-hybridized carbons (Fsp3) is 0.438. The van der Waals surface area contributed by atoms with Gasteiger partial charge in [0.15, 0.2) is 0 Å². The van der Waals surface area contributed by atoms with Gasteiger partial charge < -0.3 is 0 Å². The number of carbonyl (C=O) groups is 1. The summed E-state index contributed by atoms with van der Waals surface area (Å²) < 4.78 is 54.1. The van der Waals surface area contributed by atoms with Gasteiger partial charge in [-0.15, -0.1) is 10.2 Å². The summed E-state index contributed by atoms with van der Waals surface area (Å²) in [5, 5.41) is 11.3. The molecule has 0 bridgehead atoms. The average Bonchev–Trinajstić information content (AvgIpc) is 3.25. The maximum absolute atomic E-state index is 14.1. The second-order valence-electron chi connectivity index (χ2n) is 6.14. The van der Waals surface area contributed by atoms with Gasteiger partial charge in [-0.25, -0.2) is 21.9 Å². The lowest BCUT2D eigenvalue weighted by Gasteiger charge is -2.09. The quantitative estimate of drug-likeness (QED) is 0.754. The first-order valence-electron chi connectivity index (χ1n) is 8.45. The second-order valence-corrected chi connectivity index (χ2v) is 8.89. The van der Waals surface area contributed by atoms with Crippen molar-refractivity contribution in [1.82, 2.24) is 14.9 Å². The Morgan fingerprint density at radius 2 is 1.93 bits per heavy atom. The van der Waals surface area contributed by atoms with Crippen molar-refractivity contribution in [2.24, 2.45) is 0 Å². The Labute approximate surface area is 159 Å². The van der Waals surface area contributed by atoms with Gasteiger partial charge in [-0.2, -0.15) is 0 Å². The molecule has 0 spiro atoms. The highest BCUT2D eigenvalue weighted by Crippen LogP contribution is 2.36. The van der Waals surface area contributed by atoms with Crippen LogP contribution < -0.4 is 10.0 Å². The molecule has 1 aliphatic rings. The van der Waals surface area contributed by atoms with Crippen LogP contribution in [-0.4, -0.2) is 31.1 Å². The van der Waals surface area contributed by atoms with Crippen LogP contribution in [0.5, 0.6) is 0 Å². The number of rotatable bonds is 6. The van der Waals surface area contributed by atoms with Crippen molar-refractivity contribution >= 4 is 32.4 Å². The van der Waals surface area contributed by atoms with Gasteiger partial charge in [0.1, 0.15) is 21.5 Å². The molecule has 0 aliphatic heterocycles. The standard InChI is InChI=1S/C16H18F2N4O3S2/c1-2-19-27(24,25)13-7-10(11(17)8-12(13)18)14(23)20-16-22-21-15(26-16)9-5-3-4-6-9/h7-9,19H,2-6H2,1H3,(H,20,22,23). The van der Waals surface area contributed by atoms with E-state index in [9.17, 15) is 22.0 Å². The molecule has 0 unspecified atom stereocenters. The van der Waals surface area contributed by atoms with Gasteiger partial charge in [0.2, 0.25) is 15.2 Å². The summed E-state index contributed by atoms with van der Waals surface area (Å²) >= 11 is 1.20. The minimum atomic E-state index is -4.19. The highest BCUT2D eigenvalue weighted by atomic mass is 32.2. The summed E-state index contributed by atoms with van der Waals surface area (Å²) in [6.45, 7) is 1.54. The summed E-state index contributed by atoms with van der Waals surface area (Å²) in [7, 11) is -4.19. The van der Waals surface area contributed by atoms with E-state index < -0.39 is 38.0 Å². The normalized spacial score (nSPS) is 15.2. The first-order chi connectivity index (χ1) is 12.8. The van der Waals surface area contributed by atoms with Crippen molar-refractivity contribution in [3.05, 3.63) is 34.3 Å². The summed E-state index contributed by atoms with van der Waals surface area (Å²) in [6, 6.07) is 1.06. The van der Waals surface area contributed by atoms with Crippen LogP contribution in [0.15, 0.2) is 17.0 Å². The van der Waals surface area contributed by atoms with E-state index in [1.807, 2.05) is 0 Å². The van der Waals surface area contributed by atoms with Crippen molar-refractivity contribution in [2.75, 3.05) is 11.9 Å². The zero-order valence-electron chi connectivity index (χ0n) is 14.5. The molecule has 1 amide bonds. The Balaban J connectivity index is 1.84. The molecule has 1 fully saturated rings.